The summed E-state index contributed by atoms with van der Waals surface area (Å²) in [6.07, 6.45) is 0. The summed E-state index contributed by atoms with van der Waals surface area (Å²) in [5.74, 6) is 1.42. The molecule has 3 N–H and O–H groups in total. The molecule has 0 radical (unpaired) electrons. The van der Waals surface area contributed by atoms with E-state index in [0.29, 0.717) is 12.1 Å². The number of thioether (sulfide) groups is 2. The lowest BCUT2D eigenvalue weighted by molar-refractivity contribution is -0.115. The molecular weight excluding hydrogens is 352 g/mol. The fourth-order valence-electron chi connectivity index (χ4n) is 2.14. The van der Waals surface area contributed by atoms with Crippen molar-refractivity contribution >= 4 is 35.3 Å². The van der Waals surface area contributed by atoms with Crippen LogP contribution in [0.3, 0.4) is 0 Å². The first-order chi connectivity index (χ1) is 12.1. The molecule has 0 aliphatic heterocycles. The van der Waals surface area contributed by atoms with Crippen LogP contribution < -0.4 is 11.1 Å². The normalized spacial score (nSPS) is 10.4. The summed E-state index contributed by atoms with van der Waals surface area (Å²) in [7, 11) is 0. The fourth-order valence-corrected chi connectivity index (χ4v) is 3.74. The van der Waals surface area contributed by atoms with Crippen molar-refractivity contribution in [2.75, 3.05) is 18.1 Å². The molecule has 0 aliphatic rings. The summed E-state index contributed by atoms with van der Waals surface area (Å²) in [6.45, 7) is 2.68. The van der Waals surface area contributed by atoms with Gasteiger partial charge in [-0.15, -0.1) is 11.8 Å². The van der Waals surface area contributed by atoms with Crippen molar-refractivity contribution in [3.8, 4) is 0 Å². The molecule has 4 nitrogen and oxygen atoms in total. The van der Waals surface area contributed by atoms with Crippen molar-refractivity contribution in [3.63, 3.8) is 0 Å². The van der Waals surface area contributed by atoms with Crippen LogP contribution in [0.4, 0.5) is 0 Å². The summed E-state index contributed by atoms with van der Waals surface area (Å²) < 4.78 is 0. The van der Waals surface area contributed by atoms with Gasteiger partial charge in [-0.2, -0.15) is 11.8 Å². The first-order valence-corrected chi connectivity index (χ1v) is 10.1. The van der Waals surface area contributed by atoms with Gasteiger partial charge in [0.15, 0.2) is 0 Å². The van der Waals surface area contributed by atoms with E-state index in [9.17, 15) is 9.59 Å². The number of carbonyl (C=O) groups excluding carboxylic acids is 2. The Hall–Kier alpha value is -1.92. The predicted molar refractivity (Wildman–Crippen MR) is 106 cm³/mol. The lowest BCUT2D eigenvalue weighted by atomic mass is 10.2. The number of nitrogens with one attached hydrogen (secondary N) is 1. The topological polar surface area (TPSA) is 72.2 Å². The molecule has 2 aromatic rings. The average Bonchev–Trinajstić information content (AvgIpc) is 2.61. The van der Waals surface area contributed by atoms with Gasteiger partial charge in [-0.3, -0.25) is 9.59 Å². The Labute approximate surface area is 157 Å². The van der Waals surface area contributed by atoms with Gasteiger partial charge >= 0.3 is 0 Å². The first kappa shape index (κ1) is 19.4. The molecule has 0 saturated carbocycles. The quantitative estimate of drug-likeness (QED) is 0.522. The maximum atomic E-state index is 12.3. The molecule has 0 saturated heterocycles. The molecule has 2 amide bonds. The summed E-state index contributed by atoms with van der Waals surface area (Å²) in [4.78, 5) is 24.0. The Morgan fingerprint density at radius 1 is 1.08 bits per heavy atom. The number of hydrogen-bond donors (Lipinski definition) is 2. The molecule has 0 aromatic heterocycles. The number of aryl methyl sites for hydroxylation is 1. The number of hydrogen-bond acceptors (Lipinski definition) is 4. The zero-order chi connectivity index (χ0) is 18.1. The zero-order valence-electron chi connectivity index (χ0n) is 14.2. The van der Waals surface area contributed by atoms with E-state index in [1.165, 1.54) is 22.9 Å². The van der Waals surface area contributed by atoms with E-state index in [-0.39, 0.29) is 11.7 Å². The molecule has 6 heteroatoms. The van der Waals surface area contributed by atoms with Crippen LogP contribution in [0.5, 0.6) is 0 Å². The molecule has 25 heavy (non-hydrogen) atoms. The van der Waals surface area contributed by atoms with Gasteiger partial charge in [0.05, 0.1) is 11.3 Å². The first-order valence-electron chi connectivity index (χ1n) is 7.98. The van der Waals surface area contributed by atoms with E-state index < -0.39 is 5.91 Å². The number of primary amides is 1. The van der Waals surface area contributed by atoms with Gasteiger partial charge in [0.2, 0.25) is 5.91 Å². The van der Waals surface area contributed by atoms with Crippen molar-refractivity contribution < 1.29 is 9.59 Å². The standard InChI is InChI=1S/C19H22N2O2S2/c1-14-6-8-15(9-7-14)12-24-11-10-21-19(23)16-4-2-3-5-17(16)25-13-18(20)22/h2-9H,10-13H2,1H3,(H2,20,22)(H,21,23). The summed E-state index contributed by atoms with van der Waals surface area (Å²) in [6, 6.07) is 15.7. The lowest BCUT2D eigenvalue weighted by Gasteiger charge is -2.09. The summed E-state index contributed by atoms with van der Waals surface area (Å²) in [5, 5.41) is 2.93. The second-order valence-corrected chi connectivity index (χ2v) is 7.67. The number of benzene rings is 2. The summed E-state index contributed by atoms with van der Waals surface area (Å²) in [5.41, 5.74) is 8.30. The van der Waals surface area contributed by atoms with Crippen LogP contribution in [0.1, 0.15) is 21.5 Å². The van der Waals surface area contributed by atoms with Crippen molar-refractivity contribution in [2.24, 2.45) is 5.73 Å². The molecule has 132 valence electrons. The SMILES string of the molecule is Cc1ccc(CSCCNC(=O)c2ccccc2SCC(N)=O)cc1. The smallest absolute Gasteiger partial charge is 0.252 e. The summed E-state index contributed by atoms with van der Waals surface area (Å²) >= 11 is 3.07. The van der Waals surface area contributed by atoms with E-state index in [1.807, 2.05) is 18.2 Å². The van der Waals surface area contributed by atoms with E-state index >= 15 is 0 Å². The molecule has 2 rings (SSSR count). The Morgan fingerprint density at radius 2 is 1.80 bits per heavy atom. The molecular formula is C19H22N2O2S2. The Bertz CT molecular complexity index is 718. The zero-order valence-corrected chi connectivity index (χ0v) is 15.8. The third-order valence-corrected chi connectivity index (χ3v) is 5.55. The molecule has 0 bridgehead atoms. The third kappa shape index (κ3) is 6.84. The predicted octanol–water partition coefficient (Wildman–Crippen LogP) is 3.24. The molecule has 2 aromatic carbocycles. The largest absolute Gasteiger partial charge is 0.369 e. The number of rotatable bonds is 9. The van der Waals surface area contributed by atoms with Gasteiger partial charge in [0, 0.05) is 22.9 Å². The maximum absolute atomic E-state index is 12.3. The number of amides is 2. The Morgan fingerprint density at radius 3 is 2.52 bits per heavy atom. The van der Waals surface area contributed by atoms with Crippen molar-refractivity contribution in [3.05, 3.63) is 65.2 Å². The van der Waals surface area contributed by atoms with Gasteiger partial charge < -0.3 is 11.1 Å². The second kappa shape index (κ2) is 10.2. The van der Waals surface area contributed by atoms with Gasteiger partial charge in [-0.1, -0.05) is 42.0 Å². The Kier molecular flexibility index (Phi) is 7.88. The fraction of sp³-hybridized carbons (Fsp3) is 0.263. The van der Waals surface area contributed by atoms with E-state index in [4.69, 9.17) is 5.73 Å². The molecule has 0 fully saturated rings. The lowest BCUT2D eigenvalue weighted by Crippen LogP contribution is -2.26. The molecule has 0 spiro atoms. The van der Waals surface area contributed by atoms with E-state index in [2.05, 4.69) is 36.5 Å². The number of nitrogens with two attached hydrogens (primary N) is 1. The van der Waals surface area contributed by atoms with Gasteiger partial charge in [0.1, 0.15) is 0 Å². The van der Waals surface area contributed by atoms with Crippen molar-refractivity contribution in [2.45, 2.75) is 17.6 Å². The highest BCUT2D eigenvalue weighted by atomic mass is 32.2. The van der Waals surface area contributed by atoms with Crippen LogP contribution in [0, 0.1) is 6.92 Å². The molecule has 0 atom stereocenters. The van der Waals surface area contributed by atoms with Crippen LogP contribution in [0.25, 0.3) is 0 Å². The average molecular weight is 375 g/mol. The van der Waals surface area contributed by atoms with E-state index in [0.717, 1.165) is 16.4 Å². The Balaban J connectivity index is 1.76. The van der Waals surface area contributed by atoms with E-state index in [1.54, 1.807) is 17.8 Å². The minimum atomic E-state index is -0.396. The molecule has 0 unspecified atom stereocenters. The van der Waals surface area contributed by atoms with Crippen LogP contribution in [-0.4, -0.2) is 29.9 Å². The third-order valence-electron chi connectivity index (χ3n) is 3.42. The van der Waals surface area contributed by atoms with Crippen LogP contribution in [-0.2, 0) is 10.5 Å². The highest BCUT2D eigenvalue weighted by Crippen LogP contribution is 2.22. The minimum absolute atomic E-state index is 0.122. The number of carbonyl (C=O) groups is 2. The van der Waals surface area contributed by atoms with Crippen molar-refractivity contribution in [1.29, 1.82) is 0 Å². The van der Waals surface area contributed by atoms with Gasteiger partial charge in [-0.05, 0) is 24.6 Å². The minimum Gasteiger partial charge on any atom is -0.369 e. The van der Waals surface area contributed by atoms with Gasteiger partial charge in [-0.25, -0.2) is 0 Å². The monoisotopic (exact) mass is 374 g/mol. The maximum Gasteiger partial charge on any atom is 0.252 e. The molecule has 0 aliphatic carbocycles. The van der Waals surface area contributed by atoms with Crippen LogP contribution >= 0.6 is 23.5 Å². The van der Waals surface area contributed by atoms with Gasteiger partial charge in [0.25, 0.3) is 5.91 Å². The van der Waals surface area contributed by atoms with Crippen LogP contribution in [0.2, 0.25) is 0 Å². The van der Waals surface area contributed by atoms with Crippen LogP contribution in [0.15, 0.2) is 53.4 Å². The highest BCUT2D eigenvalue weighted by molar-refractivity contribution is 8.00. The van der Waals surface area contributed by atoms with Crippen molar-refractivity contribution in [1.82, 2.24) is 5.32 Å². The molecule has 0 heterocycles. The second-order valence-electron chi connectivity index (χ2n) is 5.55. The highest BCUT2D eigenvalue weighted by Gasteiger charge is 2.11.